The number of fused-ring (bicyclic) bond motifs is 1. The van der Waals surface area contributed by atoms with Gasteiger partial charge in [-0.05, 0) is 12.3 Å². The number of H-pyrrole nitrogens is 1. The van der Waals surface area contributed by atoms with Gasteiger partial charge in [-0.2, -0.15) is 0 Å². The summed E-state index contributed by atoms with van der Waals surface area (Å²) in [6, 6.07) is 1.30. The monoisotopic (exact) mass is 224 g/mol. The summed E-state index contributed by atoms with van der Waals surface area (Å²) in [5.74, 6) is 0.648. The second kappa shape index (κ2) is 3.29. The minimum Gasteiger partial charge on any atom is -0.394 e. The molecule has 0 bridgehead atoms. The maximum absolute atomic E-state index is 11.6. The van der Waals surface area contributed by atoms with Gasteiger partial charge in [0.05, 0.1) is 12.7 Å². The van der Waals surface area contributed by atoms with Crippen molar-refractivity contribution < 1.29 is 9.84 Å². The van der Waals surface area contributed by atoms with Crippen molar-refractivity contribution in [2.45, 2.75) is 18.8 Å². The number of aromatic nitrogens is 2. The van der Waals surface area contributed by atoms with Crippen molar-refractivity contribution in [3.05, 3.63) is 33.1 Å². The van der Waals surface area contributed by atoms with Crippen LogP contribution in [-0.4, -0.2) is 27.4 Å². The van der Waals surface area contributed by atoms with E-state index in [-0.39, 0.29) is 18.9 Å². The molecule has 0 amide bonds. The van der Waals surface area contributed by atoms with E-state index in [0.717, 1.165) is 6.42 Å². The molecule has 6 nitrogen and oxygen atoms in total. The van der Waals surface area contributed by atoms with Gasteiger partial charge in [-0.1, -0.05) is 0 Å². The number of ether oxygens (including phenoxy) is 1. The van der Waals surface area contributed by atoms with Crippen molar-refractivity contribution in [1.29, 1.82) is 0 Å². The molecule has 1 saturated carbocycles. The number of hydrogen-bond donors (Lipinski definition) is 2. The van der Waals surface area contributed by atoms with Crippen molar-refractivity contribution in [1.82, 2.24) is 9.55 Å². The van der Waals surface area contributed by atoms with E-state index in [1.165, 1.54) is 16.8 Å². The average molecular weight is 224 g/mol. The van der Waals surface area contributed by atoms with Crippen molar-refractivity contribution in [3.8, 4) is 0 Å². The number of aliphatic hydroxyl groups is 1. The van der Waals surface area contributed by atoms with E-state index in [4.69, 9.17) is 9.84 Å². The van der Waals surface area contributed by atoms with Crippen LogP contribution >= 0.6 is 0 Å². The van der Waals surface area contributed by atoms with E-state index >= 15 is 0 Å². The lowest BCUT2D eigenvalue weighted by Crippen LogP contribution is -2.33. The van der Waals surface area contributed by atoms with Crippen molar-refractivity contribution in [2.75, 3.05) is 6.61 Å². The Morgan fingerprint density at radius 3 is 2.94 bits per heavy atom. The molecule has 0 aromatic carbocycles. The van der Waals surface area contributed by atoms with Gasteiger partial charge in [0, 0.05) is 18.2 Å². The molecule has 1 aliphatic carbocycles. The number of aliphatic hydroxyl groups excluding tert-OH is 1. The first-order chi connectivity index (χ1) is 7.70. The summed E-state index contributed by atoms with van der Waals surface area (Å²) in [4.78, 5) is 24.7. The zero-order chi connectivity index (χ0) is 11.3. The largest absolute Gasteiger partial charge is 0.394 e. The van der Waals surface area contributed by atoms with Crippen LogP contribution in [-0.2, 0) is 4.74 Å². The van der Waals surface area contributed by atoms with Gasteiger partial charge >= 0.3 is 5.69 Å². The standard InChI is InChI=1S/C10H12N2O4/c13-4-7-5-3-6(5)9(16-7)12-2-1-8(14)11-10(12)15/h1-2,5-7,9,13H,3-4H2,(H,11,14,15)/t5-,6+,7-,9-/m1/s1. The van der Waals surface area contributed by atoms with Crippen LogP contribution in [0.3, 0.4) is 0 Å². The molecule has 86 valence electrons. The SMILES string of the molecule is O=c1ccn([C@@H]2O[C@H](CO)[C@@H]3C[C@@H]32)c(=O)[nH]1. The lowest BCUT2D eigenvalue weighted by molar-refractivity contribution is -0.0516. The third-order valence-electron chi connectivity index (χ3n) is 3.35. The van der Waals surface area contributed by atoms with Crippen LogP contribution in [0.1, 0.15) is 12.6 Å². The first kappa shape index (κ1) is 9.80. The molecule has 1 saturated heterocycles. The summed E-state index contributed by atoms with van der Waals surface area (Å²) in [7, 11) is 0. The quantitative estimate of drug-likeness (QED) is 0.679. The van der Waals surface area contributed by atoms with Gasteiger partial charge in [0.15, 0.2) is 0 Å². The second-order valence-electron chi connectivity index (χ2n) is 4.33. The fraction of sp³-hybridized carbons (Fsp3) is 0.600. The highest BCUT2D eigenvalue weighted by atomic mass is 16.5. The molecule has 0 unspecified atom stereocenters. The highest BCUT2D eigenvalue weighted by Crippen LogP contribution is 2.55. The molecule has 2 fully saturated rings. The maximum Gasteiger partial charge on any atom is 0.330 e. The Labute approximate surface area is 90.5 Å². The molecule has 1 aliphatic heterocycles. The minimum absolute atomic E-state index is 0.0181. The maximum atomic E-state index is 11.6. The Bertz CT molecular complexity index is 520. The first-order valence-corrected chi connectivity index (χ1v) is 5.28. The lowest BCUT2D eigenvalue weighted by atomic mass is 10.2. The Morgan fingerprint density at radius 1 is 1.50 bits per heavy atom. The molecule has 2 heterocycles. The molecular formula is C10H12N2O4. The smallest absolute Gasteiger partial charge is 0.330 e. The van der Waals surface area contributed by atoms with E-state index in [1.807, 2.05) is 0 Å². The summed E-state index contributed by atoms with van der Waals surface area (Å²) in [5, 5.41) is 9.07. The van der Waals surface area contributed by atoms with Crippen molar-refractivity contribution in [2.24, 2.45) is 11.8 Å². The minimum atomic E-state index is -0.457. The van der Waals surface area contributed by atoms with Crippen LogP contribution in [0, 0.1) is 11.8 Å². The van der Waals surface area contributed by atoms with E-state index in [1.54, 1.807) is 0 Å². The molecule has 0 radical (unpaired) electrons. The number of aromatic amines is 1. The fourth-order valence-corrected chi connectivity index (χ4v) is 2.45. The zero-order valence-electron chi connectivity index (χ0n) is 8.50. The Kier molecular flexibility index (Phi) is 2.02. The van der Waals surface area contributed by atoms with Gasteiger partial charge < -0.3 is 9.84 Å². The molecule has 2 N–H and O–H groups in total. The van der Waals surface area contributed by atoms with E-state index < -0.39 is 11.2 Å². The Balaban J connectivity index is 1.94. The molecule has 16 heavy (non-hydrogen) atoms. The van der Waals surface area contributed by atoms with Gasteiger partial charge in [0.1, 0.15) is 6.23 Å². The fourth-order valence-electron chi connectivity index (χ4n) is 2.45. The van der Waals surface area contributed by atoms with Gasteiger partial charge in [0.25, 0.3) is 5.56 Å². The molecule has 1 aromatic heterocycles. The normalized spacial score (nSPS) is 36.1. The van der Waals surface area contributed by atoms with Gasteiger partial charge in [0.2, 0.25) is 0 Å². The number of nitrogens with zero attached hydrogens (tertiary/aromatic N) is 1. The first-order valence-electron chi connectivity index (χ1n) is 5.28. The Hall–Kier alpha value is -1.40. The predicted molar refractivity (Wildman–Crippen MR) is 53.9 cm³/mol. The molecule has 2 aliphatic rings. The molecule has 4 atom stereocenters. The molecular weight excluding hydrogens is 212 g/mol. The molecule has 0 spiro atoms. The third-order valence-corrected chi connectivity index (χ3v) is 3.35. The summed E-state index contributed by atoms with van der Waals surface area (Å²) in [6.07, 6.45) is 1.91. The van der Waals surface area contributed by atoms with E-state index in [0.29, 0.717) is 11.8 Å². The van der Waals surface area contributed by atoms with E-state index in [9.17, 15) is 9.59 Å². The summed E-state index contributed by atoms with van der Waals surface area (Å²) >= 11 is 0. The van der Waals surface area contributed by atoms with Gasteiger partial charge in [-0.25, -0.2) is 4.79 Å². The van der Waals surface area contributed by atoms with E-state index in [2.05, 4.69) is 4.98 Å². The van der Waals surface area contributed by atoms with Crippen LogP contribution in [0.5, 0.6) is 0 Å². The summed E-state index contributed by atoms with van der Waals surface area (Å²) < 4.78 is 6.96. The van der Waals surface area contributed by atoms with Gasteiger partial charge in [-0.3, -0.25) is 14.3 Å². The predicted octanol–water partition coefficient (Wildman–Crippen LogP) is -0.938. The topological polar surface area (TPSA) is 84.3 Å². The van der Waals surface area contributed by atoms with Crippen LogP contribution in [0.15, 0.2) is 21.9 Å². The molecule has 1 aromatic rings. The summed E-state index contributed by atoms with van der Waals surface area (Å²) in [6.45, 7) is -0.0181. The number of nitrogens with one attached hydrogen (secondary N) is 1. The number of rotatable bonds is 2. The summed E-state index contributed by atoms with van der Waals surface area (Å²) in [5.41, 5.74) is -0.868. The highest BCUT2D eigenvalue weighted by Gasteiger charge is 2.56. The van der Waals surface area contributed by atoms with Crippen LogP contribution < -0.4 is 11.2 Å². The zero-order valence-corrected chi connectivity index (χ0v) is 8.50. The third kappa shape index (κ3) is 1.34. The number of hydrogen-bond acceptors (Lipinski definition) is 4. The molecule has 3 rings (SSSR count). The van der Waals surface area contributed by atoms with Crippen LogP contribution in [0.2, 0.25) is 0 Å². The Morgan fingerprint density at radius 2 is 2.31 bits per heavy atom. The van der Waals surface area contributed by atoms with Crippen molar-refractivity contribution in [3.63, 3.8) is 0 Å². The second-order valence-corrected chi connectivity index (χ2v) is 4.33. The van der Waals surface area contributed by atoms with Gasteiger partial charge in [-0.15, -0.1) is 0 Å². The average Bonchev–Trinajstić information content (AvgIpc) is 2.96. The van der Waals surface area contributed by atoms with Crippen molar-refractivity contribution >= 4 is 0 Å². The van der Waals surface area contributed by atoms with Crippen LogP contribution in [0.4, 0.5) is 0 Å². The molecule has 6 heteroatoms. The lowest BCUT2D eigenvalue weighted by Gasteiger charge is -2.18. The van der Waals surface area contributed by atoms with Crippen LogP contribution in [0.25, 0.3) is 0 Å². The highest BCUT2D eigenvalue weighted by molar-refractivity contribution is 5.02.